The average molecular weight is 376 g/mol. The van der Waals surface area contributed by atoms with Crippen LogP contribution in [0.4, 0.5) is 10.5 Å². The molecule has 0 unspecified atom stereocenters. The Kier molecular flexibility index (Phi) is 7.66. The summed E-state index contributed by atoms with van der Waals surface area (Å²) in [7, 11) is 0. The topological polar surface area (TPSA) is 70.7 Å². The molecule has 6 nitrogen and oxygen atoms in total. The highest BCUT2D eigenvalue weighted by Gasteiger charge is 2.17. The highest BCUT2D eigenvalue weighted by Crippen LogP contribution is 2.16. The van der Waals surface area contributed by atoms with Crippen molar-refractivity contribution in [1.82, 2.24) is 10.2 Å². The number of hydrogen-bond donors (Lipinski definition) is 2. The van der Waals surface area contributed by atoms with E-state index in [0.717, 1.165) is 32.0 Å². The second kappa shape index (κ2) is 9.74. The number of carbonyl (C=O) groups excluding carboxylic acids is 2. The van der Waals surface area contributed by atoms with Crippen molar-refractivity contribution in [2.75, 3.05) is 31.5 Å². The average Bonchev–Trinajstić information content (AvgIpc) is 2.58. The molecular formula is C21H33N3O3. The fourth-order valence-corrected chi connectivity index (χ4v) is 3.05. The van der Waals surface area contributed by atoms with Crippen molar-refractivity contribution >= 4 is 17.7 Å². The van der Waals surface area contributed by atoms with E-state index in [-0.39, 0.29) is 5.91 Å². The predicted molar refractivity (Wildman–Crippen MR) is 108 cm³/mol. The Hall–Kier alpha value is -2.08. The maximum absolute atomic E-state index is 12.3. The number of likely N-dealkylation sites (tertiary alicyclic amines) is 1. The minimum Gasteiger partial charge on any atom is -0.444 e. The van der Waals surface area contributed by atoms with E-state index in [9.17, 15) is 9.59 Å². The number of benzene rings is 1. The van der Waals surface area contributed by atoms with Crippen LogP contribution in [0, 0.1) is 5.92 Å². The first-order valence-corrected chi connectivity index (χ1v) is 9.83. The maximum Gasteiger partial charge on any atom is 0.412 e. The largest absolute Gasteiger partial charge is 0.444 e. The first-order chi connectivity index (χ1) is 12.7. The molecule has 1 saturated heterocycles. The van der Waals surface area contributed by atoms with Crippen LogP contribution in [0.15, 0.2) is 24.3 Å². The fraction of sp³-hybridized carbons (Fsp3) is 0.619. The first kappa shape index (κ1) is 21.2. The van der Waals surface area contributed by atoms with E-state index in [4.69, 9.17) is 4.74 Å². The van der Waals surface area contributed by atoms with E-state index < -0.39 is 11.7 Å². The molecule has 2 amide bonds. The van der Waals surface area contributed by atoms with Crippen LogP contribution >= 0.6 is 0 Å². The third-order valence-corrected chi connectivity index (χ3v) is 4.58. The number of rotatable bonds is 6. The van der Waals surface area contributed by atoms with Gasteiger partial charge in [0.15, 0.2) is 0 Å². The number of anilines is 1. The van der Waals surface area contributed by atoms with Gasteiger partial charge in [-0.25, -0.2) is 4.79 Å². The molecule has 2 rings (SSSR count). The number of nitrogens with zero attached hydrogens (tertiary/aromatic N) is 1. The molecule has 0 radical (unpaired) electrons. The third kappa shape index (κ3) is 7.99. The van der Waals surface area contributed by atoms with Crippen LogP contribution in [-0.2, 0) is 4.74 Å². The molecule has 0 saturated carbocycles. The van der Waals surface area contributed by atoms with Gasteiger partial charge in [-0.15, -0.1) is 0 Å². The van der Waals surface area contributed by atoms with Crippen LogP contribution in [-0.4, -0.2) is 48.7 Å². The molecule has 1 aliphatic heterocycles. The van der Waals surface area contributed by atoms with E-state index >= 15 is 0 Å². The SMILES string of the molecule is CC1CCN(CCCNC(=O)c2cccc(NC(=O)OC(C)(C)C)c2)CC1. The maximum atomic E-state index is 12.3. The van der Waals surface area contributed by atoms with Crippen LogP contribution in [0.5, 0.6) is 0 Å². The molecule has 6 heteroatoms. The second-order valence-electron chi connectivity index (χ2n) is 8.34. The lowest BCUT2D eigenvalue weighted by atomic mass is 9.99. The van der Waals surface area contributed by atoms with Gasteiger partial charge in [0.25, 0.3) is 5.91 Å². The molecule has 1 heterocycles. The van der Waals surface area contributed by atoms with E-state index in [1.54, 1.807) is 45.0 Å². The predicted octanol–water partition coefficient (Wildman–Crippen LogP) is 3.89. The molecule has 1 aliphatic rings. The summed E-state index contributed by atoms with van der Waals surface area (Å²) in [6.45, 7) is 11.7. The van der Waals surface area contributed by atoms with Crippen molar-refractivity contribution in [2.45, 2.75) is 52.6 Å². The summed E-state index contributed by atoms with van der Waals surface area (Å²) in [5.74, 6) is 0.706. The van der Waals surface area contributed by atoms with Gasteiger partial charge in [0, 0.05) is 17.8 Å². The lowest BCUT2D eigenvalue weighted by Gasteiger charge is -2.30. The molecule has 0 aliphatic carbocycles. The second-order valence-corrected chi connectivity index (χ2v) is 8.34. The molecule has 1 aromatic rings. The van der Waals surface area contributed by atoms with Gasteiger partial charge >= 0.3 is 6.09 Å². The summed E-state index contributed by atoms with van der Waals surface area (Å²) in [5.41, 5.74) is 0.501. The van der Waals surface area contributed by atoms with Gasteiger partial charge in [0.1, 0.15) is 5.60 Å². The van der Waals surface area contributed by atoms with Crippen LogP contribution in [0.25, 0.3) is 0 Å². The molecule has 2 N–H and O–H groups in total. The van der Waals surface area contributed by atoms with Gasteiger partial charge in [-0.05, 0) is 83.8 Å². The summed E-state index contributed by atoms with van der Waals surface area (Å²) in [6, 6.07) is 6.88. The van der Waals surface area contributed by atoms with Crippen molar-refractivity contribution in [3.05, 3.63) is 29.8 Å². The van der Waals surface area contributed by atoms with Crippen molar-refractivity contribution in [2.24, 2.45) is 5.92 Å². The zero-order valence-corrected chi connectivity index (χ0v) is 17.0. The summed E-state index contributed by atoms with van der Waals surface area (Å²) in [5, 5.41) is 5.62. The van der Waals surface area contributed by atoms with Crippen molar-refractivity contribution in [3.8, 4) is 0 Å². The van der Waals surface area contributed by atoms with E-state index in [0.29, 0.717) is 17.8 Å². The molecule has 150 valence electrons. The van der Waals surface area contributed by atoms with Gasteiger partial charge < -0.3 is 15.0 Å². The third-order valence-electron chi connectivity index (χ3n) is 4.58. The minimum atomic E-state index is -0.564. The number of nitrogens with one attached hydrogen (secondary N) is 2. The zero-order valence-electron chi connectivity index (χ0n) is 17.0. The molecule has 27 heavy (non-hydrogen) atoms. The van der Waals surface area contributed by atoms with Crippen LogP contribution in [0.3, 0.4) is 0 Å². The number of piperidine rings is 1. The van der Waals surface area contributed by atoms with E-state index in [2.05, 4.69) is 22.5 Å². The van der Waals surface area contributed by atoms with Gasteiger partial charge in [0.2, 0.25) is 0 Å². The highest BCUT2D eigenvalue weighted by molar-refractivity contribution is 5.96. The van der Waals surface area contributed by atoms with Crippen molar-refractivity contribution in [3.63, 3.8) is 0 Å². The van der Waals surface area contributed by atoms with Gasteiger partial charge in [-0.3, -0.25) is 10.1 Å². The summed E-state index contributed by atoms with van der Waals surface area (Å²) < 4.78 is 5.23. The van der Waals surface area contributed by atoms with Crippen LogP contribution < -0.4 is 10.6 Å². The Balaban J connectivity index is 1.75. The van der Waals surface area contributed by atoms with Crippen molar-refractivity contribution < 1.29 is 14.3 Å². The van der Waals surface area contributed by atoms with Gasteiger partial charge in [-0.1, -0.05) is 13.0 Å². The Bertz CT molecular complexity index is 632. The Morgan fingerprint density at radius 3 is 2.59 bits per heavy atom. The summed E-state index contributed by atoms with van der Waals surface area (Å²) in [6.07, 6.45) is 2.94. The number of hydrogen-bond acceptors (Lipinski definition) is 4. The molecule has 0 spiro atoms. The van der Waals surface area contributed by atoms with Crippen molar-refractivity contribution in [1.29, 1.82) is 0 Å². The highest BCUT2D eigenvalue weighted by atomic mass is 16.6. The van der Waals surface area contributed by atoms with E-state index in [1.807, 2.05) is 0 Å². The zero-order chi connectivity index (χ0) is 19.9. The standard InChI is InChI=1S/C21H33N3O3/c1-16-9-13-24(14-10-16)12-6-11-22-19(25)17-7-5-8-18(15-17)23-20(26)27-21(2,3)4/h5,7-8,15-16H,6,9-14H2,1-4H3,(H,22,25)(H,23,26). The normalized spacial score (nSPS) is 16.0. The lowest BCUT2D eigenvalue weighted by molar-refractivity contribution is 0.0635. The van der Waals surface area contributed by atoms with Gasteiger partial charge in [0.05, 0.1) is 0 Å². The number of amides is 2. The minimum absolute atomic E-state index is 0.130. The smallest absolute Gasteiger partial charge is 0.412 e. The molecule has 0 bridgehead atoms. The Labute approximate surface area is 162 Å². The quantitative estimate of drug-likeness (QED) is 0.740. The molecule has 1 fully saturated rings. The summed E-state index contributed by atoms with van der Waals surface area (Å²) >= 11 is 0. The number of ether oxygens (including phenoxy) is 1. The fourth-order valence-electron chi connectivity index (χ4n) is 3.05. The Morgan fingerprint density at radius 1 is 1.22 bits per heavy atom. The Morgan fingerprint density at radius 2 is 1.93 bits per heavy atom. The molecule has 1 aromatic carbocycles. The molecular weight excluding hydrogens is 342 g/mol. The van der Waals surface area contributed by atoms with Crippen LogP contribution in [0.1, 0.15) is 57.3 Å². The molecule has 0 aromatic heterocycles. The number of carbonyl (C=O) groups is 2. The summed E-state index contributed by atoms with van der Waals surface area (Å²) in [4.78, 5) is 26.7. The lowest BCUT2D eigenvalue weighted by Crippen LogP contribution is -2.35. The molecule has 0 atom stereocenters. The van der Waals surface area contributed by atoms with Gasteiger partial charge in [-0.2, -0.15) is 0 Å². The first-order valence-electron chi connectivity index (χ1n) is 9.83. The monoisotopic (exact) mass is 375 g/mol. The van der Waals surface area contributed by atoms with E-state index in [1.165, 1.54) is 12.8 Å². The van der Waals surface area contributed by atoms with Crippen LogP contribution in [0.2, 0.25) is 0 Å².